The van der Waals surface area contributed by atoms with Gasteiger partial charge in [0.05, 0.1) is 6.54 Å². The maximum absolute atomic E-state index is 6.07. The number of hydrogen-bond donors (Lipinski definition) is 1. The summed E-state index contributed by atoms with van der Waals surface area (Å²) in [6.07, 6.45) is 2.66. The van der Waals surface area contributed by atoms with E-state index in [2.05, 4.69) is 31.4 Å². The molecule has 1 aliphatic rings. The van der Waals surface area contributed by atoms with Crippen LogP contribution in [0.4, 0.5) is 0 Å². The summed E-state index contributed by atoms with van der Waals surface area (Å²) in [7, 11) is 5.69. The van der Waals surface area contributed by atoms with Gasteiger partial charge < -0.3 is 10.2 Å². The van der Waals surface area contributed by atoms with E-state index in [1.807, 2.05) is 32.3 Å². The Morgan fingerprint density at radius 2 is 2.29 bits per heavy atom. The SMILES string of the molecule is CN=C(NC1CC1c1cccc(Cl)c1)N(C)Cc1ncnn1C.I. The van der Waals surface area contributed by atoms with Crippen LogP contribution in [0.3, 0.4) is 0 Å². The zero-order valence-corrected chi connectivity index (χ0v) is 17.1. The smallest absolute Gasteiger partial charge is 0.194 e. The Bertz CT molecular complexity index is 716. The molecule has 0 spiro atoms. The highest BCUT2D eigenvalue weighted by Gasteiger charge is 2.39. The van der Waals surface area contributed by atoms with E-state index in [0.717, 1.165) is 23.2 Å². The van der Waals surface area contributed by atoms with Crippen molar-refractivity contribution in [3.05, 3.63) is 47.0 Å². The monoisotopic (exact) mass is 460 g/mol. The molecule has 2 unspecified atom stereocenters. The Labute approximate surface area is 164 Å². The van der Waals surface area contributed by atoms with E-state index < -0.39 is 0 Å². The molecule has 1 aromatic carbocycles. The fourth-order valence-corrected chi connectivity index (χ4v) is 2.92. The Hall–Kier alpha value is -1.35. The molecule has 0 amide bonds. The Morgan fingerprint density at radius 3 is 2.92 bits per heavy atom. The zero-order valence-electron chi connectivity index (χ0n) is 14.0. The van der Waals surface area contributed by atoms with Crippen LogP contribution in [0, 0.1) is 0 Å². The number of guanidine groups is 1. The summed E-state index contributed by atoms with van der Waals surface area (Å²) in [5.41, 5.74) is 1.28. The molecule has 1 fully saturated rings. The number of benzene rings is 1. The lowest BCUT2D eigenvalue weighted by molar-refractivity contribution is 0.447. The molecule has 1 aliphatic carbocycles. The van der Waals surface area contributed by atoms with Crippen LogP contribution in [0.15, 0.2) is 35.6 Å². The molecule has 2 atom stereocenters. The fourth-order valence-electron chi connectivity index (χ4n) is 2.72. The van der Waals surface area contributed by atoms with Gasteiger partial charge in [-0.25, -0.2) is 4.98 Å². The highest BCUT2D eigenvalue weighted by molar-refractivity contribution is 14.0. The number of aliphatic imine (C=N–C) groups is 1. The summed E-state index contributed by atoms with van der Waals surface area (Å²) in [5.74, 6) is 2.26. The Morgan fingerprint density at radius 1 is 1.50 bits per heavy atom. The molecule has 1 heterocycles. The van der Waals surface area contributed by atoms with Gasteiger partial charge in [0, 0.05) is 38.1 Å². The average Bonchev–Trinajstić information content (AvgIpc) is 3.20. The van der Waals surface area contributed by atoms with Crippen molar-refractivity contribution in [2.45, 2.75) is 24.9 Å². The van der Waals surface area contributed by atoms with Gasteiger partial charge in [0.1, 0.15) is 12.2 Å². The number of aromatic nitrogens is 3. The van der Waals surface area contributed by atoms with Crippen molar-refractivity contribution in [2.75, 3.05) is 14.1 Å². The van der Waals surface area contributed by atoms with Gasteiger partial charge in [0.15, 0.2) is 5.96 Å². The predicted molar refractivity (Wildman–Crippen MR) is 107 cm³/mol. The fraction of sp³-hybridized carbons (Fsp3) is 0.438. The van der Waals surface area contributed by atoms with Crippen molar-refractivity contribution < 1.29 is 0 Å². The van der Waals surface area contributed by atoms with Gasteiger partial charge >= 0.3 is 0 Å². The van der Waals surface area contributed by atoms with Crippen LogP contribution in [0.5, 0.6) is 0 Å². The summed E-state index contributed by atoms with van der Waals surface area (Å²) in [5, 5.41) is 8.40. The van der Waals surface area contributed by atoms with E-state index in [-0.39, 0.29) is 24.0 Å². The lowest BCUT2D eigenvalue weighted by atomic mass is 10.1. The lowest BCUT2D eigenvalue weighted by Crippen LogP contribution is -2.40. The Kier molecular flexibility index (Phi) is 6.45. The van der Waals surface area contributed by atoms with Gasteiger partial charge in [-0.3, -0.25) is 9.67 Å². The van der Waals surface area contributed by atoms with Gasteiger partial charge in [0.25, 0.3) is 0 Å². The third-order valence-corrected chi connectivity index (χ3v) is 4.37. The summed E-state index contributed by atoms with van der Waals surface area (Å²) in [6, 6.07) is 8.48. The lowest BCUT2D eigenvalue weighted by Gasteiger charge is -2.21. The zero-order chi connectivity index (χ0) is 16.4. The number of hydrogen-bond acceptors (Lipinski definition) is 3. The maximum atomic E-state index is 6.07. The standard InChI is InChI=1S/C16H21ClN6.HI/c1-18-16(22(2)9-15-19-10-20-23(15)3)21-14-8-13(14)11-5-4-6-12(17)7-11;/h4-7,10,13-14H,8-9H2,1-3H3,(H,18,21);1H. The van der Waals surface area contributed by atoms with Gasteiger partial charge in [-0.2, -0.15) is 5.10 Å². The molecule has 0 saturated heterocycles. The summed E-state index contributed by atoms with van der Waals surface area (Å²) >= 11 is 6.07. The first-order chi connectivity index (χ1) is 11.1. The summed E-state index contributed by atoms with van der Waals surface area (Å²) < 4.78 is 1.77. The first kappa shape index (κ1) is 19.0. The van der Waals surface area contributed by atoms with Crippen molar-refractivity contribution in [1.82, 2.24) is 25.0 Å². The molecule has 0 radical (unpaired) electrons. The largest absolute Gasteiger partial charge is 0.353 e. The number of aryl methyl sites for hydroxylation is 1. The van der Waals surface area contributed by atoms with E-state index in [1.165, 1.54) is 5.56 Å². The van der Waals surface area contributed by atoms with Crippen molar-refractivity contribution in [3.63, 3.8) is 0 Å². The predicted octanol–water partition coefficient (Wildman–Crippen LogP) is 2.65. The first-order valence-corrected chi connectivity index (χ1v) is 7.99. The minimum Gasteiger partial charge on any atom is -0.353 e. The topological polar surface area (TPSA) is 58.3 Å². The second-order valence-corrected chi connectivity index (χ2v) is 6.29. The molecule has 1 saturated carbocycles. The third-order valence-electron chi connectivity index (χ3n) is 4.14. The Balaban J connectivity index is 0.00000208. The second kappa shape index (κ2) is 8.15. The number of nitrogens with one attached hydrogen (secondary N) is 1. The summed E-state index contributed by atoms with van der Waals surface area (Å²) in [6.45, 7) is 0.657. The normalized spacial score (nSPS) is 19.6. The molecule has 24 heavy (non-hydrogen) atoms. The molecule has 1 N–H and O–H groups in total. The summed E-state index contributed by atoms with van der Waals surface area (Å²) in [4.78, 5) is 10.7. The number of nitrogens with zero attached hydrogens (tertiary/aromatic N) is 5. The van der Waals surface area contributed by atoms with Crippen molar-refractivity contribution in [3.8, 4) is 0 Å². The molecule has 2 aromatic rings. The van der Waals surface area contributed by atoms with E-state index in [0.29, 0.717) is 18.5 Å². The van der Waals surface area contributed by atoms with Crippen LogP contribution < -0.4 is 5.32 Å². The molecule has 8 heteroatoms. The molecule has 1 aromatic heterocycles. The van der Waals surface area contributed by atoms with Gasteiger partial charge in [-0.05, 0) is 24.1 Å². The molecule has 130 valence electrons. The first-order valence-electron chi connectivity index (χ1n) is 7.61. The van der Waals surface area contributed by atoms with Crippen LogP contribution >= 0.6 is 35.6 Å². The van der Waals surface area contributed by atoms with Crippen LogP contribution in [-0.2, 0) is 13.6 Å². The van der Waals surface area contributed by atoms with Crippen molar-refractivity contribution in [2.24, 2.45) is 12.0 Å². The van der Waals surface area contributed by atoms with Gasteiger partial charge in [0.2, 0.25) is 0 Å². The quantitative estimate of drug-likeness (QED) is 0.433. The van der Waals surface area contributed by atoms with Gasteiger partial charge in [-0.1, -0.05) is 23.7 Å². The molecule has 0 aliphatic heterocycles. The van der Waals surface area contributed by atoms with Crippen LogP contribution in [0.2, 0.25) is 5.02 Å². The van der Waals surface area contributed by atoms with E-state index in [1.54, 1.807) is 18.1 Å². The van der Waals surface area contributed by atoms with Gasteiger partial charge in [-0.15, -0.1) is 24.0 Å². The van der Waals surface area contributed by atoms with E-state index >= 15 is 0 Å². The van der Waals surface area contributed by atoms with E-state index in [9.17, 15) is 0 Å². The molecular formula is C16H22ClIN6. The number of rotatable bonds is 4. The minimum absolute atomic E-state index is 0. The second-order valence-electron chi connectivity index (χ2n) is 5.85. The number of halogens is 2. The third kappa shape index (κ3) is 4.38. The highest BCUT2D eigenvalue weighted by Crippen LogP contribution is 2.41. The van der Waals surface area contributed by atoms with Crippen LogP contribution in [0.1, 0.15) is 23.7 Å². The minimum atomic E-state index is 0. The average molecular weight is 461 g/mol. The van der Waals surface area contributed by atoms with Crippen molar-refractivity contribution in [1.29, 1.82) is 0 Å². The molecule has 0 bridgehead atoms. The molecule has 3 rings (SSSR count). The van der Waals surface area contributed by atoms with E-state index in [4.69, 9.17) is 11.6 Å². The molecular weight excluding hydrogens is 439 g/mol. The van der Waals surface area contributed by atoms with Crippen molar-refractivity contribution >= 4 is 41.5 Å². The maximum Gasteiger partial charge on any atom is 0.194 e. The molecule has 6 nitrogen and oxygen atoms in total. The highest BCUT2D eigenvalue weighted by atomic mass is 127. The van der Waals surface area contributed by atoms with Crippen LogP contribution in [0.25, 0.3) is 0 Å². The van der Waals surface area contributed by atoms with Crippen LogP contribution in [-0.4, -0.2) is 45.8 Å².